The topological polar surface area (TPSA) is 41.5 Å². The summed E-state index contributed by atoms with van der Waals surface area (Å²) in [4.78, 5) is 0. The van der Waals surface area contributed by atoms with Crippen LogP contribution in [-0.4, -0.2) is 29.9 Å². The number of nitrogens with one attached hydrogen (secondary N) is 1. The Morgan fingerprint density at radius 2 is 1.70 bits per heavy atom. The van der Waals surface area contributed by atoms with E-state index in [2.05, 4.69) is 59.0 Å². The van der Waals surface area contributed by atoms with Gasteiger partial charge in [-0.2, -0.15) is 0 Å². The summed E-state index contributed by atoms with van der Waals surface area (Å²) in [5.41, 5.74) is 1.43. The van der Waals surface area contributed by atoms with Crippen molar-refractivity contribution < 1.29 is 9.84 Å². The van der Waals surface area contributed by atoms with E-state index in [1.54, 1.807) is 0 Å². The molecule has 3 nitrogen and oxygen atoms in total. The Morgan fingerprint density at radius 1 is 1.09 bits per heavy atom. The highest BCUT2D eigenvalue weighted by atomic mass is 16.5. The SMILES string of the molecule is CC[C@H](OC[C@@H](O)CNC(C)(C)CC(C)(C)C)c1ccccc1. The summed E-state index contributed by atoms with van der Waals surface area (Å²) >= 11 is 0. The Kier molecular flexibility index (Phi) is 7.72. The van der Waals surface area contributed by atoms with Crippen molar-refractivity contribution in [2.45, 2.75) is 72.1 Å². The molecule has 0 unspecified atom stereocenters. The van der Waals surface area contributed by atoms with E-state index in [0.29, 0.717) is 13.2 Å². The molecule has 0 aromatic heterocycles. The molecule has 0 heterocycles. The lowest BCUT2D eigenvalue weighted by Crippen LogP contribution is -2.46. The van der Waals surface area contributed by atoms with E-state index in [-0.39, 0.29) is 17.1 Å². The highest BCUT2D eigenvalue weighted by molar-refractivity contribution is 5.17. The van der Waals surface area contributed by atoms with E-state index in [4.69, 9.17) is 4.74 Å². The number of hydrogen-bond acceptors (Lipinski definition) is 3. The minimum Gasteiger partial charge on any atom is -0.389 e. The summed E-state index contributed by atoms with van der Waals surface area (Å²) in [7, 11) is 0. The lowest BCUT2D eigenvalue weighted by atomic mass is 9.82. The number of aliphatic hydroxyl groups is 1. The predicted molar refractivity (Wildman–Crippen MR) is 97.6 cm³/mol. The first kappa shape index (κ1) is 20.1. The molecular weight excluding hydrogens is 286 g/mol. The van der Waals surface area contributed by atoms with Crippen LogP contribution in [0.5, 0.6) is 0 Å². The quantitative estimate of drug-likeness (QED) is 0.712. The molecule has 132 valence electrons. The van der Waals surface area contributed by atoms with Gasteiger partial charge in [0.25, 0.3) is 0 Å². The molecule has 0 radical (unpaired) electrons. The number of benzene rings is 1. The standard InChI is InChI=1S/C20H35NO2/c1-7-18(16-11-9-8-10-12-16)23-14-17(22)13-21-20(5,6)15-19(2,3)4/h8-12,17-18,21-22H,7,13-15H2,1-6H3/t17-,18-/m0/s1. The summed E-state index contributed by atoms with van der Waals surface area (Å²) in [6, 6.07) is 10.2. The Labute approximate surface area is 142 Å². The molecule has 1 aromatic rings. The monoisotopic (exact) mass is 321 g/mol. The zero-order chi connectivity index (χ0) is 17.5. The number of rotatable bonds is 9. The van der Waals surface area contributed by atoms with Crippen LogP contribution in [0.25, 0.3) is 0 Å². The molecule has 2 N–H and O–H groups in total. The Morgan fingerprint density at radius 3 is 2.22 bits per heavy atom. The van der Waals surface area contributed by atoms with E-state index < -0.39 is 6.10 Å². The molecule has 0 saturated heterocycles. The third kappa shape index (κ3) is 8.50. The van der Waals surface area contributed by atoms with Gasteiger partial charge in [0.1, 0.15) is 0 Å². The predicted octanol–water partition coefficient (Wildman–Crippen LogP) is 4.32. The van der Waals surface area contributed by atoms with E-state index in [9.17, 15) is 5.11 Å². The second kappa shape index (κ2) is 8.81. The largest absolute Gasteiger partial charge is 0.389 e. The van der Waals surface area contributed by atoms with Crippen LogP contribution < -0.4 is 5.32 Å². The van der Waals surface area contributed by atoms with Gasteiger partial charge in [0.15, 0.2) is 0 Å². The molecule has 0 bridgehead atoms. The molecule has 23 heavy (non-hydrogen) atoms. The van der Waals surface area contributed by atoms with Crippen molar-refractivity contribution in [3.05, 3.63) is 35.9 Å². The second-order valence-electron chi connectivity index (χ2n) is 8.30. The fraction of sp³-hybridized carbons (Fsp3) is 0.700. The lowest BCUT2D eigenvalue weighted by molar-refractivity contribution is -0.0139. The van der Waals surface area contributed by atoms with Crippen molar-refractivity contribution in [2.24, 2.45) is 5.41 Å². The van der Waals surface area contributed by atoms with Gasteiger partial charge in [-0.3, -0.25) is 0 Å². The number of ether oxygens (including phenoxy) is 1. The van der Waals surface area contributed by atoms with Crippen LogP contribution in [0.4, 0.5) is 0 Å². The average Bonchev–Trinajstić information content (AvgIpc) is 2.44. The highest BCUT2D eigenvalue weighted by Crippen LogP contribution is 2.26. The molecular formula is C20H35NO2. The molecule has 1 aromatic carbocycles. The summed E-state index contributed by atoms with van der Waals surface area (Å²) in [6.07, 6.45) is 1.51. The highest BCUT2D eigenvalue weighted by Gasteiger charge is 2.25. The Balaban J connectivity index is 2.40. The zero-order valence-corrected chi connectivity index (χ0v) is 15.7. The van der Waals surface area contributed by atoms with E-state index in [1.807, 2.05) is 18.2 Å². The maximum atomic E-state index is 10.2. The van der Waals surface area contributed by atoms with Gasteiger partial charge in [-0.25, -0.2) is 0 Å². The molecule has 0 amide bonds. The zero-order valence-electron chi connectivity index (χ0n) is 15.7. The van der Waals surface area contributed by atoms with Crippen LogP contribution in [0.1, 0.15) is 66.1 Å². The van der Waals surface area contributed by atoms with Crippen LogP contribution in [0.2, 0.25) is 0 Å². The van der Waals surface area contributed by atoms with Crippen molar-refractivity contribution in [1.29, 1.82) is 0 Å². The van der Waals surface area contributed by atoms with E-state index in [1.165, 1.54) is 5.56 Å². The van der Waals surface area contributed by atoms with Crippen LogP contribution in [0.3, 0.4) is 0 Å². The van der Waals surface area contributed by atoms with E-state index >= 15 is 0 Å². The first-order valence-electron chi connectivity index (χ1n) is 8.72. The fourth-order valence-electron chi connectivity index (χ4n) is 3.19. The van der Waals surface area contributed by atoms with Gasteiger partial charge in [0, 0.05) is 12.1 Å². The molecule has 2 atom stereocenters. The molecule has 0 aliphatic carbocycles. The summed E-state index contributed by atoms with van der Waals surface area (Å²) in [6.45, 7) is 14.1. The summed E-state index contributed by atoms with van der Waals surface area (Å²) in [5, 5.41) is 13.7. The number of hydrogen-bond donors (Lipinski definition) is 2. The minimum atomic E-state index is -0.494. The van der Waals surface area contributed by atoms with Crippen LogP contribution >= 0.6 is 0 Å². The average molecular weight is 322 g/mol. The molecule has 0 aliphatic heterocycles. The number of aliphatic hydroxyl groups excluding tert-OH is 1. The maximum Gasteiger partial charge on any atom is 0.0898 e. The first-order chi connectivity index (χ1) is 10.6. The first-order valence-corrected chi connectivity index (χ1v) is 8.72. The van der Waals surface area contributed by atoms with Gasteiger partial charge in [0.05, 0.1) is 18.8 Å². The number of β-amino-alcohol motifs (C(OH)–C–C–N with tert-alkyl or cyclic N) is 1. The van der Waals surface area contributed by atoms with Gasteiger partial charge in [-0.1, -0.05) is 58.0 Å². The fourth-order valence-corrected chi connectivity index (χ4v) is 3.19. The van der Waals surface area contributed by atoms with Gasteiger partial charge in [-0.05, 0) is 37.7 Å². The third-order valence-corrected chi connectivity index (χ3v) is 3.82. The molecule has 0 saturated carbocycles. The normalized spacial score (nSPS) is 15.4. The second-order valence-corrected chi connectivity index (χ2v) is 8.30. The third-order valence-electron chi connectivity index (χ3n) is 3.82. The summed E-state index contributed by atoms with van der Waals surface area (Å²) < 4.78 is 5.92. The minimum absolute atomic E-state index is 0.00280. The van der Waals surface area contributed by atoms with Crippen LogP contribution in [-0.2, 0) is 4.74 Å². The smallest absolute Gasteiger partial charge is 0.0898 e. The molecule has 3 heteroatoms. The molecule has 0 spiro atoms. The molecule has 0 fully saturated rings. The van der Waals surface area contributed by atoms with Crippen LogP contribution in [0.15, 0.2) is 30.3 Å². The Hall–Kier alpha value is -0.900. The van der Waals surface area contributed by atoms with Crippen molar-refractivity contribution in [3.63, 3.8) is 0 Å². The molecule has 0 aliphatic rings. The lowest BCUT2D eigenvalue weighted by Gasteiger charge is -2.34. The Bertz CT molecular complexity index is 437. The van der Waals surface area contributed by atoms with E-state index in [0.717, 1.165) is 12.8 Å². The van der Waals surface area contributed by atoms with Crippen molar-refractivity contribution in [1.82, 2.24) is 5.32 Å². The summed E-state index contributed by atoms with van der Waals surface area (Å²) in [5.74, 6) is 0. The van der Waals surface area contributed by atoms with Crippen LogP contribution in [0, 0.1) is 5.41 Å². The van der Waals surface area contributed by atoms with Crippen molar-refractivity contribution >= 4 is 0 Å². The van der Waals surface area contributed by atoms with Gasteiger partial charge < -0.3 is 15.2 Å². The van der Waals surface area contributed by atoms with Crippen molar-refractivity contribution in [2.75, 3.05) is 13.2 Å². The van der Waals surface area contributed by atoms with Crippen molar-refractivity contribution in [3.8, 4) is 0 Å². The van der Waals surface area contributed by atoms with Gasteiger partial charge >= 0.3 is 0 Å². The maximum absolute atomic E-state index is 10.2. The van der Waals surface area contributed by atoms with Gasteiger partial charge in [0.2, 0.25) is 0 Å². The van der Waals surface area contributed by atoms with Gasteiger partial charge in [-0.15, -0.1) is 0 Å². The molecule has 1 rings (SSSR count).